The van der Waals surface area contributed by atoms with Crippen LogP contribution < -0.4 is 10.9 Å². The predicted octanol–water partition coefficient (Wildman–Crippen LogP) is 3.51. The topological polar surface area (TPSA) is 68.9 Å². The number of fused-ring (bicyclic) bond motifs is 1. The van der Waals surface area contributed by atoms with Crippen molar-refractivity contribution in [3.8, 4) is 0 Å². The first-order chi connectivity index (χ1) is 13.3. The lowest BCUT2D eigenvalue weighted by atomic mass is 10.1. The molecule has 0 unspecified atom stereocenters. The number of rotatable bonds is 5. The van der Waals surface area contributed by atoms with E-state index in [-0.39, 0.29) is 23.0 Å². The van der Waals surface area contributed by atoms with E-state index in [1.807, 2.05) is 13.1 Å². The minimum Gasteiger partial charge on any atom is -0.348 e. The Morgan fingerprint density at radius 1 is 1.43 bits per heavy atom. The Morgan fingerprint density at radius 3 is 2.86 bits per heavy atom. The lowest BCUT2D eigenvalue weighted by molar-refractivity contribution is -0.122. The van der Waals surface area contributed by atoms with Crippen LogP contribution in [0.4, 0.5) is 4.39 Å². The first-order valence-corrected chi connectivity index (χ1v) is 9.54. The van der Waals surface area contributed by atoms with E-state index in [1.165, 1.54) is 22.9 Å². The van der Waals surface area contributed by atoms with Gasteiger partial charge in [0.05, 0.1) is 23.1 Å². The molecule has 1 N–H and O–H groups in total. The van der Waals surface area contributed by atoms with Gasteiger partial charge >= 0.3 is 0 Å². The number of carbonyl (C=O) groups excluding carboxylic acids is 1. The third-order valence-electron chi connectivity index (χ3n) is 5.07. The SMILES string of the molecule is Cc1cn(C2CC2)c2cnn(CC(=O)N[C@@H](C)c3ccc(F)cc3Cl)c(=O)c12. The van der Waals surface area contributed by atoms with Crippen LogP contribution in [-0.4, -0.2) is 20.3 Å². The first-order valence-electron chi connectivity index (χ1n) is 9.16. The molecule has 1 atom stereocenters. The molecule has 1 aromatic carbocycles. The van der Waals surface area contributed by atoms with Crippen LogP contribution in [0.1, 0.15) is 43.0 Å². The second-order valence-corrected chi connectivity index (χ2v) is 7.68. The van der Waals surface area contributed by atoms with Crippen molar-refractivity contribution < 1.29 is 9.18 Å². The zero-order valence-electron chi connectivity index (χ0n) is 15.6. The fraction of sp³-hybridized carbons (Fsp3) is 0.350. The molecule has 8 heteroatoms. The Balaban J connectivity index is 1.54. The Kier molecular flexibility index (Phi) is 4.71. The highest BCUT2D eigenvalue weighted by molar-refractivity contribution is 6.31. The second kappa shape index (κ2) is 7.05. The second-order valence-electron chi connectivity index (χ2n) is 7.27. The quantitative estimate of drug-likeness (QED) is 0.710. The average Bonchev–Trinajstić information content (AvgIpc) is 3.41. The van der Waals surface area contributed by atoms with Crippen LogP contribution in [0, 0.1) is 12.7 Å². The summed E-state index contributed by atoms with van der Waals surface area (Å²) >= 11 is 6.05. The van der Waals surface area contributed by atoms with Gasteiger partial charge in [0.1, 0.15) is 12.4 Å². The van der Waals surface area contributed by atoms with Crippen LogP contribution in [-0.2, 0) is 11.3 Å². The van der Waals surface area contributed by atoms with Crippen LogP contribution in [0.15, 0.2) is 35.4 Å². The summed E-state index contributed by atoms with van der Waals surface area (Å²) in [6.45, 7) is 3.44. The molecule has 0 aliphatic heterocycles. The minimum atomic E-state index is -0.440. The Bertz CT molecular complexity index is 1130. The van der Waals surface area contributed by atoms with Gasteiger partial charge in [-0.1, -0.05) is 17.7 Å². The van der Waals surface area contributed by atoms with Gasteiger partial charge in [-0.05, 0) is 49.9 Å². The molecule has 4 rings (SSSR count). The number of nitrogens with zero attached hydrogens (tertiary/aromatic N) is 3. The molecule has 0 spiro atoms. The number of nitrogens with one attached hydrogen (secondary N) is 1. The minimum absolute atomic E-state index is 0.202. The van der Waals surface area contributed by atoms with Crippen molar-refractivity contribution >= 4 is 28.4 Å². The number of hydrogen-bond acceptors (Lipinski definition) is 3. The molecule has 0 radical (unpaired) electrons. The van der Waals surface area contributed by atoms with Crippen LogP contribution in [0.5, 0.6) is 0 Å². The molecule has 1 saturated carbocycles. The molecule has 2 aromatic heterocycles. The molecule has 0 saturated heterocycles. The largest absolute Gasteiger partial charge is 0.348 e. The molecule has 28 heavy (non-hydrogen) atoms. The molecule has 3 aromatic rings. The lowest BCUT2D eigenvalue weighted by Gasteiger charge is -2.16. The Hall–Kier alpha value is -2.67. The van der Waals surface area contributed by atoms with Gasteiger partial charge in [0.15, 0.2) is 0 Å². The average molecular weight is 403 g/mol. The molecular formula is C20H20ClFN4O2. The van der Waals surface area contributed by atoms with Crippen LogP contribution in [0.25, 0.3) is 10.9 Å². The molecule has 0 bridgehead atoms. The normalized spacial score (nSPS) is 15.0. The fourth-order valence-corrected chi connectivity index (χ4v) is 3.84. The maximum Gasteiger partial charge on any atom is 0.276 e. The summed E-state index contributed by atoms with van der Waals surface area (Å²) in [5, 5.41) is 7.80. The van der Waals surface area contributed by atoms with Gasteiger partial charge in [-0.15, -0.1) is 0 Å². The standard InChI is InChI=1S/C20H20ClFN4O2/c1-11-9-25(14-4-5-14)17-8-23-26(20(28)19(11)17)10-18(27)24-12(2)15-6-3-13(22)7-16(15)21/h3,6-9,12,14H,4-5,10H2,1-2H3,(H,24,27)/t12-/m0/s1. The number of aromatic nitrogens is 3. The van der Waals surface area contributed by atoms with Crippen molar-refractivity contribution in [1.29, 1.82) is 0 Å². The van der Waals surface area contributed by atoms with Crippen LogP contribution in [0.3, 0.4) is 0 Å². The van der Waals surface area contributed by atoms with E-state index in [1.54, 1.807) is 13.1 Å². The maximum atomic E-state index is 13.2. The number of hydrogen-bond donors (Lipinski definition) is 1. The zero-order chi connectivity index (χ0) is 20.0. The fourth-order valence-electron chi connectivity index (χ4n) is 3.51. The number of aryl methyl sites for hydroxylation is 1. The van der Waals surface area contributed by atoms with E-state index in [9.17, 15) is 14.0 Å². The van der Waals surface area contributed by atoms with Crippen molar-refractivity contribution in [2.24, 2.45) is 0 Å². The number of carbonyl (C=O) groups is 1. The van der Waals surface area contributed by atoms with Gasteiger partial charge in [-0.3, -0.25) is 9.59 Å². The van der Waals surface area contributed by atoms with Crippen LogP contribution in [0.2, 0.25) is 5.02 Å². The Morgan fingerprint density at radius 2 is 2.18 bits per heavy atom. The molecule has 1 aliphatic carbocycles. The van der Waals surface area contributed by atoms with E-state index >= 15 is 0 Å². The van der Waals surface area contributed by atoms with Crippen molar-refractivity contribution in [3.63, 3.8) is 0 Å². The van der Waals surface area contributed by atoms with Crippen molar-refractivity contribution in [1.82, 2.24) is 19.7 Å². The van der Waals surface area contributed by atoms with Crippen molar-refractivity contribution in [3.05, 3.63) is 62.9 Å². The highest BCUT2D eigenvalue weighted by Gasteiger charge is 2.26. The van der Waals surface area contributed by atoms with E-state index in [0.29, 0.717) is 17.0 Å². The highest BCUT2D eigenvalue weighted by atomic mass is 35.5. The maximum absolute atomic E-state index is 13.2. The lowest BCUT2D eigenvalue weighted by Crippen LogP contribution is -2.35. The zero-order valence-corrected chi connectivity index (χ0v) is 16.3. The number of halogens is 2. The summed E-state index contributed by atoms with van der Waals surface area (Å²) in [4.78, 5) is 25.3. The predicted molar refractivity (Wildman–Crippen MR) is 105 cm³/mol. The molecule has 1 aliphatic rings. The van der Waals surface area contributed by atoms with E-state index in [4.69, 9.17) is 11.6 Å². The molecule has 146 valence electrons. The number of amides is 1. The van der Waals surface area contributed by atoms with E-state index < -0.39 is 11.9 Å². The van der Waals surface area contributed by atoms with Gasteiger partial charge in [-0.2, -0.15) is 5.10 Å². The van der Waals surface area contributed by atoms with Crippen LogP contribution >= 0.6 is 11.6 Å². The Labute approximate surface area is 165 Å². The third kappa shape index (κ3) is 3.42. The summed E-state index contributed by atoms with van der Waals surface area (Å²) in [5.41, 5.74) is 2.02. The monoisotopic (exact) mass is 402 g/mol. The highest BCUT2D eigenvalue weighted by Crippen LogP contribution is 2.37. The summed E-state index contributed by atoms with van der Waals surface area (Å²) < 4.78 is 16.5. The molecule has 1 fully saturated rings. The summed E-state index contributed by atoms with van der Waals surface area (Å²) in [6.07, 6.45) is 5.85. The molecule has 2 heterocycles. The molecule has 6 nitrogen and oxygen atoms in total. The molecule has 1 amide bonds. The summed E-state index contributed by atoms with van der Waals surface area (Å²) in [6, 6.07) is 4.03. The van der Waals surface area contributed by atoms with Gasteiger partial charge in [0.25, 0.3) is 5.56 Å². The van der Waals surface area contributed by atoms with Crippen molar-refractivity contribution in [2.75, 3.05) is 0 Å². The van der Waals surface area contributed by atoms with E-state index in [2.05, 4.69) is 15.0 Å². The third-order valence-corrected chi connectivity index (χ3v) is 5.40. The smallest absolute Gasteiger partial charge is 0.276 e. The first kappa shape index (κ1) is 18.7. The summed E-state index contributed by atoms with van der Waals surface area (Å²) in [5.74, 6) is -0.814. The van der Waals surface area contributed by atoms with Gasteiger partial charge in [-0.25, -0.2) is 9.07 Å². The number of benzene rings is 1. The van der Waals surface area contributed by atoms with E-state index in [0.717, 1.165) is 23.9 Å². The van der Waals surface area contributed by atoms with Gasteiger partial charge in [0.2, 0.25) is 5.91 Å². The van der Waals surface area contributed by atoms with Gasteiger partial charge < -0.3 is 9.88 Å². The summed E-state index contributed by atoms with van der Waals surface area (Å²) in [7, 11) is 0. The van der Waals surface area contributed by atoms with Gasteiger partial charge in [0, 0.05) is 17.3 Å². The van der Waals surface area contributed by atoms with Crippen molar-refractivity contribution in [2.45, 2.75) is 45.3 Å². The molecular weight excluding hydrogens is 383 g/mol.